The largest absolute Gasteiger partial charge is 0.497 e. The zero-order valence-corrected chi connectivity index (χ0v) is 17.6. The van der Waals surface area contributed by atoms with Crippen LogP contribution in [-0.4, -0.2) is 67.2 Å². The van der Waals surface area contributed by atoms with E-state index in [0.717, 1.165) is 37.3 Å². The highest BCUT2D eigenvalue weighted by Crippen LogP contribution is 2.66. The molecule has 5 atom stereocenters. The first-order valence-electron chi connectivity index (χ1n) is 11.3. The van der Waals surface area contributed by atoms with Crippen molar-refractivity contribution in [2.75, 3.05) is 33.8 Å². The van der Waals surface area contributed by atoms with Gasteiger partial charge in [-0.3, -0.25) is 9.69 Å². The number of piperidine rings is 1. The molecule has 2 aliphatic carbocycles. The van der Waals surface area contributed by atoms with Gasteiger partial charge in [0.15, 0.2) is 0 Å². The maximum absolute atomic E-state index is 11.5. The average molecular weight is 397 g/mol. The quantitative estimate of drug-likeness (QED) is 0.694. The van der Waals surface area contributed by atoms with Crippen molar-refractivity contribution >= 4 is 6.41 Å². The summed E-state index contributed by atoms with van der Waals surface area (Å²) in [5.74, 6) is 2.80. The molecule has 6 rings (SSSR count). The Balaban J connectivity index is 1.48. The molecule has 4 unspecified atom stereocenters. The molecule has 4 fully saturated rings. The fraction of sp³-hybridized carbons (Fsp3) is 0.708. The maximum atomic E-state index is 11.5. The molecule has 4 bridgehead atoms. The summed E-state index contributed by atoms with van der Waals surface area (Å²) in [4.78, 5) is 16.2. The first kappa shape index (κ1) is 18.2. The fourth-order valence-corrected chi connectivity index (χ4v) is 7.53. The Kier molecular flexibility index (Phi) is 3.90. The van der Waals surface area contributed by atoms with E-state index in [1.54, 1.807) is 7.11 Å². The minimum Gasteiger partial charge on any atom is -0.497 e. The van der Waals surface area contributed by atoms with Crippen molar-refractivity contribution in [1.82, 2.24) is 9.80 Å². The Morgan fingerprint density at radius 2 is 2.17 bits per heavy atom. The number of amides is 1. The van der Waals surface area contributed by atoms with Crippen LogP contribution in [-0.2, 0) is 16.0 Å². The second kappa shape index (κ2) is 6.21. The molecule has 0 N–H and O–H groups in total. The molecule has 29 heavy (non-hydrogen) atoms. The van der Waals surface area contributed by atoms with Crippen molar-refractivity contribution in [2.45, 2.75) is 61.7 Å². The summed E-state index contributed by atoms with van der Waals surface area (Å²) in [7, 11) is 3.66. The van der Waals surface area contributed by atoms with Gasteiger partial charge in [-0.1, -0.05) is 6.07 Å². The number of rotatable bonds is 6. The van der Waals surface area contributed by atoms with Crippen LogP contribution in [0.1, 0.15) is 49.1 Å². The van der Waals surface area contributed by atoms with Crippen molar-refractivity contribution in [3.63, 3.8) is 0 Å². The lowest BCUT2D eigenvalue weighted by atomic mass is 9.52. The fourth-order valence-electron chi connectivity index (χ4n) is 7.53. The third-order valence-corrected chi connectivity index (χ3v) is 8.67. The van der Waals surface area contributed by atoms with Crippen LogP contribution >= 0.6 is 0 Å². The van der Waals surface area contributed by atoms with Crippen LogP contribution in [0.15, 0.2) is 18.2 Å². The number of carbonyl (C=O) groups excluding carboxylic acids is 1. The third kappa shape index (κ3) is 2.43. The van der Waals surface area contributed by atoms with Gasteiger partial charge in [-0.2, -0.15) is 0 Å². The number of hydrogen-bond acceptors (Lipinski definition) is 4. The molecule has 156 valence electrons. The maximum Gasteiger partial charge on any atom is 0.209 e. The number of benzene rings is 1. The standard InChI is InChI=1S/C24H32N2O3/c1-25(15-27)14-23-9-7-21(29-23)24-12-17-5-6-18(28-2)11-20(17)19(22(23)24)8-10-26(24)13-16-3-4-16/h5-6,11,15-16,19,21-22H,3-4,7-10,12-14H2,1-2H3/t19?,21?,22?,23-,24?/m0/s1. The Morgan fingerprint density at radius 1 is 1.31 bits per heavy atom. The molecule has 0 spiro atoms. The zero-order valence-electron chi connectivity index (χ0n) is 17.6. The van der Waals surface area contributed by atoms with Gasteiger partial charge in [-0.05, 0) is 80.2 Å². The first-order chi connectivity index (χ1) is 14.1. The Bertz CT molecular complexity index is 839. The Hall–Kier alpha value is -1.59. The molecule has 3 aliphatic heterocycles. The van der Waals surface area contributed by atoms with E-state index in [0.29, 0.717) is 24.5 Å². The van der Waals surface area contributed by atoms with E-state index in [2.05, 4.69) is 23.1 Å². The molecule has 1 aromatic carbocycles. The number of ether oxygens (including phenoxy) is 2. The van der Waals surface area contributed by atoms with Gasteiger partial charge >= 0.3 is 0 Å². The van der Waals surface area contributed by atoms with Gasteiger partial charge in [0.05, 0.1) is 24.4 Å². The highest BCUT2D eigenvalue weighted by molar-refractivity contribution is 5.49. The van der Waals surface area contributed by atoms with Crippen LogP contribution in [0.5, 0.6) is 5.75 Å². The van der Waals surface area contributed by atoms with E-state index >= 15 is 0 Å². The van der Waals surface area contributed by atoms with E-state index in [-0.39, 0.29) is 11.1 Å². The summed E-state index contributed by atoms with van der Waals surface area (Å²) >= 11 is 0. The van der Waals surface area contributed by atoms with Gasteiger partial charge in [0.2, 0.25) is 6.41 Å². The van der Waals surface area contributed by atoms with Gasteiger partial charge in [0.1, 0.15) is 5.75 Å². The van der Waals surface area contributed by atoms with Crippen molar-refractivity contribution in [1.29, 1.82) is 0 Å². The zero-order chi connectivity index (χ0) is 19.8. The third-order valence-electron chi connectivity index (χ3n) is 8.67. The lowest BCUT2D eigenvalue weighted by molar-refractivity contribution is -0.122. The number of likely N-dealkylation sites (N-methyl/N-ethyl adjacent to an activating group) is 1. The van der Waals surface area contributed by atoms with Gasteiger partial charge in [0, 0.05) is 26.1 Å². The van der Waals surface area contributed by atoms with E-state index in [9.17, 15) is 4.79 Å². The monoisotopic (exact) mass is 396 g/mol. The van der Waals surface area contributed by atoms with E-state index in [4.69, 9.17) is 9.47 Å². The van der Waals surface area contributed by atoms with Crippen molar-refractivity contribution in [3.05, 3.63) is 29.3 Å². The number of hydrogen-bond donors (Lipinski definition) is 0. The van der Waals surface area contributed by atoms with Crippen molar-refractivity contribution in [3.8, 4) is 5.75 Å². The van der Waals surface area contributed by atoms with Gasteiger partial charge < -0.3 is 14.4 Å². The summed E-state index contributed by atoms with van der Waals surface area (Å²) in [6.45, 7) is 3.12. The molecule has 3 heterocycles. The number of carbonyl (C=O) groups is 1. The van der Waals surface area contributed by atoms with Crippen LogP contribution in [0, 0.1) is 11.8 Å². The topological polar surface area (TPSA) is 42.0 Å². The Labute approximate surface area is 173 Å². The van der Waals surface area contributed by atoms with Crippen molar-refractivity contribution < 1.29 is 14.3 Å². The normalized spacial score (nSPS) is 39.7. The van der Waals surface area contributed by atoms with Crippen LogP contribution in [0.3, 0.4) is 0 Å². The van der Waals surface area contributed by atoms with Crippen LogP contribution in [0.25, 0.3) is 0 Å². The minimum atomic E-state index is -0.200. The SMILES string of the molecule is COc1ccc2c(c1)C1CCN(CC3CC3)C3(C2)C2CC[C@@](CN(C)C=O)(O2)C13. The molecular weight excluding hydrogens is 364 g/mol. The molecule has 0 radical (unpaired) electrons. The Morgan fingerprint density at radius 3 is 2.93 bits per heavy atom. The molecule has 3 saturated heterocycles. The van der Waals surface area contributed by atoms with Crippen LogP contribution in [0.4, 0.5) is 0 Å². The van der Waals surface area contributed by atoms with Gasteiger partial charge in [0.25, 0.3) is 0 Å². The summed E-state index contributed by atoms with van der Waals surface area (Å²) in [6.07, 6.45) is 8.51. The summed E-state index contributed by atoms with van der Waals surface area (Å²) in [5.41, 5.74) is 2.87. The highest BCUT2D eigenvalue weighted by Gasteiger charge is 2.73. The van der Waals surface area contributed by atoms with Gasteiger partial charge in [-0.25, -0.2) is 0 Å². The predicted molar refractivity (Wildman–Crippen MR) is 110 cm³/mol. The summed E-state index contributed by atoms with van der Waals surface area (Å²) in [5, 5.41) is 0. The minimum absolute atomic E-state index is 0.106. The number of likely N-dealkylation sites (tertiary alicyclic amines) is 1. The lowest BCUT2D eigenvalue weighted by Gasteiger charge is -2.60. The van der Waals surface area contributed by atoms with E-state index in [1.165, 1.54) is 43.5 Å². The van der Waals surface area contributed by atoms with E-state index < -0.39 is 0 Å². The second-order valence-corrected chi connectivity index (χ2v) is 10.2. The van der Waals surface area contributed by atoms with Crippen LogP contribution < -0.4 is 4.74 Å². The molecule has 5 heteroatoms. The predicted octanol–water partition coefficient (Wildman–Crippen LogP) is 2.83. The number of methoxy groups -OCH3 is 1. The van der Waals surface area contributed by atoms with Crippen LogP contribution in [0.2, 0.25) is 0 Å². The number of nitrogens with zero attached hydrogens (tertiary/aromatic N) is 2. The average Bonchev–Trinajstić information content (AvgIpc) is 3.39. The molecule has 0 aromatic heterocycles. The molecule has 1 saturated carbocycles. The molecule has 1 amide bonds. The summed E-state index contributed by atoms with van der Waals surface area (Å²) in [6, 6.07) is 6.71. The van der Waals surface area contributed by atoms with Gasteiger partial charge in [-0.15, -0.1) is 0 Å². The lowest BCUT2D eigenvalue weighted by Crippen LogP contribution is -2.70. The first-order valence-corrected chi connectivity index (χ1v) is 11.3. The van der Waals surface area contributed by atoms with E-state index in [1.807, 2.05) is 11.9 Å². The molecule has 5 nitrogen and oxygen atoms in total. The highest BCUT2D eigenvalue weighted by atomic mass is 16.5. The molecule has 5 aliphatic rings. The van der Waals surface area contributed by atoms with Crippen molar-refractivity contribution in [2.24, 2.45) is 11.8 Å². The summed E-state index contributed by atoms with van der Waals surface area (Å²) < 4.78 is 12.5. The second-order valence-electron chi connectivity index (χ2n) is 10.2. The molecular formula is C24H32N2O3. The number of fused-ring (bicyclic) bond motifs is 4. The molecule has 1 aromatic rings. The smallest absolute Gasteiger partial charge is 0.209 e.